The molecule has 42 heavy (non-hydrogen) atoms. The van der Waals surface area contributed by atoms with Crippen LogP contribution in [0.4, 0.5) is 15.8 Å². The van der Waals surface area contributed by atoms with Crippen LogP contribution in [-0.4, -0.2) is 41.7 Å². The number of aromatic amines is 1. The molecule has 3 unspecified atom stereocenters. The fourth-order valence-electron chi connectivity index (χ4n) is 5.09. The maximum absolute atomic E-state index is 13.9. The first-order valence-corrected chi connectivity index (χ1v) is 15.1. The molecule has 3 heterocycles. The van der Waals surface area contributed by atoms with Gasteiger partial charge < -0.3 is 19.8 Å². The summed E-state index contributed by atoms with van der Waals surface area (Å²) in [5.74, 6) is -2.34. The molecule has 3 amide bonds. The molecule has 2 N–H and O–H groups in total. The lowest BCUT2D eigenvalue weighted by atomic mass is 9.83. The number of halogens is 2. The van der Waals surface area contributed by atoms with Crippen LogP contribution in [0.3, 0.4) is 0 Å². The van der Waals surface area contributed by atoms with Gasteiger partial charge >= 0.3 is 4.87 Å². The van der Waals surface area contributed by atoms with Crippen molar-refractivity contribution >= 4 is 68.1 Å². The number of methoxy groups -OCH3 is 1. The third-order valence-electron chi connectivity index (χ3n) is 6.94. The van der Waals surface area contributed by atoms with Crippen molar-refractivity contribution in [3.8, 4) is 11.5 Å². The van der Waals surface area contributed by atoms with E-state index in [4.69, 9.17) is 9.47 Å². The molecule has 4 aromatic rings. The van der Waals surface area contributed by atoms with E-state index in [0.29, 0.717) is 32.6 Å². The number of aromatic nitrogens is 1. The quantitative estimate of drug-likeness (QED) is 0.261. The third kappa shape index (κ3) is 5.23. The number of nitrogens with zero attached hydrogens (tertiary/aromatic N) is 1. The summed E-state index contributed by atoms with van der Waals surface area (Å²) in [7, 11) is 1.45. The topological polar surface area (TPSA) is 118 Å². The number of amides is 3. The summed E-state index contributed by atoms with van der Waals surface area (Å²) in [6.45, 7) is -0.337. The van der Waals surface area contributed by atoms with Crippen LogP contribution in [0.25, 0.3) is 0 Å². The lowest BCUT2D eigenvalue weighted by Gasteiger charge is -2.30. The van der Waals surface area contributed by atoms with Crippen LogP contribution in [0.2, 0.25) is 0 Å². The molecule has 0 radical (unpaired) electrons. The van der Waals surface area contributed by atoms with Crippen LogP contribution in [0.5, 0.6) is 11.5 Å². The Kier molecular flexibility index (Phi) is 7.64. The van der Waals surface area contributed by atoms with Gasteiger partial charge in [-0.15, -0.1) is 0 Å². The van der Waals surface area contributed by atoms with Crippen molar-refractivity contribution in [3.05, 3.63) is 97.1 Å². The highest BCUT2D eigenvalue weighted by Crippen LogP contribution is 2.53. The zero-order valence-electron chi connectivity index (χ0n) is 21.8. The molecular formula is C29H21BrFN3O6S2. The number of imide groups is 1. The normalized spacial score (nSPS) is 19.3. The fourth-order valence-corrected chi connectivity index (χ4v) is 7.87. The SMILES string of the molecule is COc1cc(C2c3sc(=O)[nH]c3SC3C(=O)N(c4ccc(Br)cc4)C(=O)C32)ccc1OCC(=O)Nc1ccc(F)cc1. The number of hydrogen-bond acceptors (Lipinski definition) is 8. The Balaban J connectivity index is 1.29. The molecule has 6 rings (SSSR count). The van der Waals surface area contributed by atoms with Crippen molar-refractivity contribution in [2.75, 3.05) is 23.9 Å². The maximum Gasteiger partial charge on any atom is 0.305 e. The largest absolute Gasteiger partial charge is 0.493 e. The van der Waals surface area contributed by atoms with Crippen molar-refractivity contribution in [1.29, 1.82) is 0 Å². The summed E-state index contributed by atoms with van der Waals surface area (Å²) in [6.07, 6.45) is 0. The van der Waals surface area contributed by atoms with Gasteiger partial charge in [0.2, 0.25) is 11.8 Å². The molecule has 2 aliphatic rings. The predicted molar refractivity (Wildman–Crippen MR) is 160 cm³/mol. The minimum atomic E-state index is -0.761. The number of thiazole rings is 1. The summed E-state index contributed by atoms with van der Waals surface area (Å²) >= 11 is 5.59. The molecule has 0 bridgehead atoms. The number of thioether (sulfide) groups is 1. The molecule has 0 saturated carbocycles. The number of hydrogen-bond donors (Lipinski definition) is 2. The van der Waals surface area contributed by atoms with Gasteiger partial charge in [0, 0.05) is 21.0 Å². The van der Waals surface area contributed by atoms with E-state index in [0.717, 1.165) is 15.8 Å². The Hall–Kier alpha value is -3.94. The second kappa shape index (κ2) is 11.4. The van der Waals surface area contributed by atoms with Crippen LogP contribution < -0.4 is 24.6 Å². The Morgan fingerprint density at radius 2 is 1.76 bits per heavy atom. The van der Waals surface area contributed by atoms with E-state index in [1.807, 2.05) is 0 Å². The summed E-state index contributed by atoms with van der Waals surface area (Å²) in [5, 5.41) is 2.45. The molecule has 3 atom stereocenters. The fraction of sp³-hybridized carbons (Fsp3) is 0.172. The molecule has 0 aliphatic carbocycles. The van der Waals surface area contributed by atoms with Crippen molar-refractivity contribution in [1.82, 2.24) is 4.98 Å². The van der Waals surface area contributed by atoms with Gasteiger partial charge in [0.1, 0.15) is 11.1 Å². The lowest BCUT2D eigenvalue weighted by Crippen LogP contribution is -2.32. The second-order valence-corrected chi connectivity index (χ2v) is 12.6. The summed E-state index contributed by atoms with van der Waals surface area (Å²) in [5.41, 5.74) is 1.55. The molecule has 1 aromatic heterocycles. The van der Waals surface area contributed by atoms with Crippen LogP contribution in [0.15, 0.2) is 81.0 Å². The number of rotatable bonds is 7. The molecule has 2 aliphatic heterocycles. The van der Waals surface area contributed by atoms with Crippen molar-refractivity contribution in [2.24, 2.45) is 5.92 Å². The first-order chi connectivity index (χ1) is 20.2. The van der Waals surface area contributed by atoms with E-state index in [2.05, 4.69) is 26.2 Å². The summed E-state index contributed by atoms with van der Waals surface area (Å²) < 4.78 is 25.2. The second-order valence-electron chi connectivity index (χ2n) is 9.49. The number of nitrogens with one attached hydrogen (secondary N) is 2. The molecule has 9 nitrogen and oxygen atoms in total. The minimum Gasteiger partial charge on any atom is -0.493 e. The van der Waals surface area contributed by atoms with E-state index in [9.17, 15) is 23.6 Å². The molecule has 1 fully saturated rings. The number of fused-ring (bicyclic) bond motifs is 2. The highest BCUT2D eigenvalue weighted by molar-refractivity contribution is 9.10. The van der Waals surface area contributed by atoms with Crippen LogP contribution in [0, 0.1) is 11.7 Å². The predicted octanol–water partition coefficient (Wildman–Crippen LogP) is 5.16. The summed E-state index contributed by atoms with van der Waals surface area (Å²) in [6, 6.07) is 17.3. The molecular weight excluding hydrogens is 649 g/mol. The minimum absolute atomic E-state index is 0.277. The van der Waals surface area contributed by atoms with Gasteiger partial charge in [0.05, 0.1) is 23.7 Å². The average Bonchev–Trinajstić information content (AvgIpc) is 3.47. The number of carbonyl (C=O) groups is 3. The Labute approximate surface area is 255 Å². The number of anilines is 2. The van der Waals surface area contributed by atoms with E-state index in [1.165, 1.54) is 48.0 Å². The average molecular weight is 671 g/mol. The van der Waals surface area contributed by atoms with Crippen LogP contribution in [0.1, 0.15) is 16.4 Å². The highest BCUT2D eigenvalue weighted by atomic mass is 79.9. The molecule has 1 saturated heterocycles. The lowest BCUT2D eigenvalue weighted by molar-refractivity contribution is -0.122. The Bertz CT molecular complexity index is 1760. The van der Waals surface area contributed by atoms with Gasteiger partial charge in [-0.1, -0.05) is 45.1 Å². The van der Waals surface area contributed by atoms with Gasteiger partial charge in [-0.05, 0) is 66.2 Å². The van der Waals surface area contributed by atoms with Crippen molar-refractivity contribution in [2.45, 2.75) is 16.2 Å². The Morgan fingerprint density at radius 1 is 1.02 bits per heavy atom. The maximum atomic E-state index is 13.9. The zero-order chi connectivity index (χ0) is 29.5. The molecule has 214 valence electrons. The van der Waals surface area contributed by atoms with E-state index in [-0.39, 0.29) is 29.0 Å². The highest BCUT2D eigenvalue weighted by Gasteiger charge is 2.56. The Morgan fingerprint density at radius 3 is 2.48 bits per heavy atom. The van der Waals surface area contributed by atoms with E-state index in [1.54, 1.807) is 42.5 Å². The number of ether oxygens (including phenoxy) is 2. The van der Waals surface area contributed by atoms with Crippen molar-refractivity contribution in [3.63, 3.8) is 0 Å². The number of carbonyl (C=O) groups excluding carboxylic acids is 3. The van der Waals surface area contributed by atoms with Crippen molar-refractivity contribution < 1.29 is 28.2 Å². The smallest absolute Gasteiger partial charge is 0.305 e. The van der Waals surface area contributed by atoms with Gasteiger partial charge in [0.15, 0.2) is 18.1 Å². The molecule has 3 aromatic carbocycles. The standard InChI is InChI=1S/C29H21BrFN3O6S2/c1-39-20-12-14(2-11-19(20)40-13-21(35)32-17-7-5-16(31)6-8-17)22-23-25(41-26-24(22)42-29(38)33-26)28(37)34(27(23)36)18-9-3-15(30)4-10-18/h2-12,22-23,25H,13H2,1H3,(H,32,35)(H,33,38). The first kappa shape index (κ1) is 28.2. The van der Waals surface area contributed by atoms with Gasteiger partial charge in [-0.3, -0.25) is 19.2 Å². The monoisotopic (exact) mass is 669 g/mol. The summed E-state index contributed by atoms with van der Waals surface area (Å²) in [4.78, 5) is 56.7. The van der Waals surface area contributed by atoms with Gasteiger partial charge in [-0.2, -0.15) is 0 Å². The van der Waals surface area contributed by atoms with Gasteiger partial charge in [-0.25, -0.2) is 9.29 Å². The number of H-pyrrole nitrogens is 1. The zero-order valence-corrected chi connectivity index (χ0v) is 25.0. The van der Waals surface area contributed by atoms with Crippen LogP contribution in [-0.2, 0) is 14.4 Å². The number of benzene rings is 3. The molecule has 0 spiro atoms. The van der Waals surface area contributed by atoms with E-state index < -0.39 is 28.8 Å². The molecule has 13 heteroatoms. The first-order valence-electron chi connectivity index (χ1n) is 12.6. The van der Waals surface area contributed by atoms with E-state index >= 15 is 0 Å². The van der Waals surface area contributed by atoms with Gasteiger partial charge in [0.25, 0.3) is 5.91 Å². The third-order valence-corrected chi connectivity index (χ3v) is 9.87. The van der Waals surface area contributed by atoms with Crippen LogP contribution >= 0.6 is 39.0 Å².